The van der Waals surface area contributed by atoms with Gasteiger partial charge in [0.1, 0.15) is 6.17 Å². The molecule has 0 aliphatic heterocycles. The van der Waals surface area contributed by atoms with E-state index in [-0.39, 0.29) is 6.54 Å². The second-order valence-corrected chi connectivity index (χ2v) is 4.38. The van der Waals surface area contributed by atoms with Crippen LogP contribution in [0.2, 0.25) is 0 Å². The molecule has 2 atom stereocenters. The van der Waals surface area contributed by atoms with E-state index in [4.69, 9.17) is 10.8 Å². The first-order valence-electron chi connectivity index (χ1n) is 4.83. The minimum atomic E-state index is -1.09. The molecule has 88 valence electrons. The van der Waals surface area contributed by atoms with Crippen molar-refractivity contribution in [1.82, 2.24) is 0 Å². The SMILES string of the molecule is CC(F)c1ccc(C(CN)C(=O)O)cc1Br. The van der Waals surface area contributed by atoms with E-state index < -0.39 is 18.1 Å². The van der Waals surface area contributed by atoms with Gasteiger partial charge in [0.15, 0.2) is 0 Å². The molecule has 0 fully saturated rings. The summed E-state index contributed by atoms with van der Waals surface area (Å²) in [5.41, 5.74) is 6.46. The van der Waals surface area contributed by atoms with Crippen LogP contribution in [0, 0.1) is 0 Å². The van der Waals surface area contributed by atoms with Crippen molar-refractivity contribution in [1.29, 1.82) is 0 Å². The summed E-state index contributed by atoms with van der Waals surface area (Å²) < 4.78 is 13.7. The van der Waals surface area contributed by atoms with Gasteiger partial charge in [-0.1, -0.05) is 28.1 Å². The molecule has 2 unspecified atom stereocenters. The van der Waals surface area contributed by atoms with Gasteiger partial charge in [-0.2, -0.15) is 0 Å². The van der Waals surface area contributed by atoms with Crippen molar-refractivity contribution in [2.45, 2.75) is 19.0 Å². The second-order valence-electron chi connectivity index (χ2n) is 3.52. The minimum absolute atomic E-state index is 0.0201. The van der Waals surface area contributed by atoms with Crippen LogP contribution in [0.25, 0.3) is 0 Å². The monoisotopic (exact) mass is 289 g/mol. The smallest absolute Gasteiger partial charge is 0.312 e. The van der Waals surface area contributed by atoms with Crippen LogP contribution in [-0.4, -0.2) is 17.6 Å². The highest BCUT2D eigenvalue weighted by atomic mass is 79.9. The Morgan fingerprint density at radius 3 is 2.62 bits per heavy atom. The third-order valence-electron chi connectivity index (χ3n) is 2.39. The van der Waals surface area contributed by atoms with Crippen molar-refractivity contribution >= 4 is 21.9 Å². The Kier molecular flexibility index (Phi) is 4.44. The van der Waals surface area contributed by atoms with E-state index in [9.17, 15) is 9.18 Å². The Morgan fingerprint density at radius 1 is 1.62 bits per heavy atom. The van der Waals surface area contributed by atoms with Crippen molar-refractivity contribution in [2.75, 3.05) is 6.54 Å². The molecule has 0 aliphatic carbocycles. The van der Waals surface area contributed by atoms with E-state index in [1.54, 1.807) is 18.2 Å². The van der Waals surface area contributed by atoms with Crippen LogP contribution < -0.4 is 5.73 Å². The van der Waals surface area contributed by atoms with Gasteiger partial charge >= 0.3 is 5.97 Å². The molecule has 0 saturated carbocycles. The van der Waals surface area contributed by atoms with Gasteiger partial charge in [-0.15, -0.1) is 0 Å². The molecule has 3 N–H and O–H groups in total. The Balaban J connectivity index is 3.09. The van der Waals surface area contributed by atoms with E-state index in [0.29, 0.717) is 15.6 Å². The number of benzene rings is 1. The third-order valence-corrected chi connectivity index (χ3v) is 3.08. The summed E-state index contributed by atoms with van der Waals surface area (Å²) in [5.74, 6) is -1.73. The van der Waals surface area contributed by atoms with Crippen LogP contribution in [0.4, 0.5) is 4.39 Å². The van der Waals surface area contributed by atoms with Gasteiger partial charge in [-0.3, -0.25) is 4.79 Å². The highest BCUT2D eigenvalue weighted by Crippen LogP contribution is 2.29. The van der Waals surface area contributed by atoms with E-state index in [2.05, 4.69) is 15.9 Å². The summed E-state index contributed by atoms with van der Waals surface area (Å²) in [7, 11) is 0. The van der Waals surface area contributed by atoms with Crippen molar-refractivity contribution < 1.29 is 14.3 Å². The van der Waals surface area contributed by atoms with Crippen molar-refractivity contribution in [3.63, 3.8) is 0 Å². The van der Waals surface area contributed by atoms with Crippen LogP contribution in [0.5, 0.6) is 0 Å². The molecule has 0 saturated heterocycles. The average Bonchev–Trinajstić information content (AvgIpc) is 2.17. The quantitative estimate of drug-likeness (QED) is 0.896. The molecule has 5 heteroatoms. The molecule has 1 rings (SSSR count). The van der Waals surface area contributed by atoms with Gasteiger partial charge in [-0.05, 0) is 24.1 Å². The minimum Gasteiger partial charge on any atom is -0.481 e. The van der Waals surface area contributed by atoms with E-state index in [1.165, 1.54) is 6.92 Å². The maximum Gasteiger partial charge on any atom is 0.312 e. The summed E-state index contributed by atoms with van der Waals surface area (Å²) in [4.78, 5) is 10.9. The van der Waals surface area contributed by atoms with Gasteiger partial charge < -0.3 is 10.8 Å². The zero-order valence-corrected chi connectivity index (χ0v) is 10.4. The van der Waals surface area contributed by atoms with Crippen LogP contribution in [-0.2, 0) is 4.79 Å². The summed E-state index contributed by atoms with van der Waals surface area (Å²) in [5, 5.41) is 8.93. The fourth-order valence-corrected chi connectivity index (χ4v) is 2.17. The lowest BCUT2D eigenvalue weighted by molar-refractivity contribution is -0.138. The molecule has 0 heterocycles. The lowest BCUT2D eigenvalue weighted by atomic mass is 9.97. The molecule has 0 spiro atoms. The molecule has 16 heavy (non-hydrogen) atoms. The number of carbonyl (C=O) groups is 1. The Morgan fingerprint density at radius 2 is 2.25 bits per heavy atom. The molecule has 1 aromatic rings. The predicted molar refractivity (Wildman–Crippen MR) is 63.1 cm³/mol. The zero-order valence-electron chi connectivity index (χ0n) is 8.78. The summed E-state index contributed by atoms with van der Waals surface area (Å²) in [6.07, 6.45) is -1.09. The summed E-state index contributed by atoms with van der Waals surface area (Å²) >= 11 is 3.22. The topological polar surface area (TPSA) is 63.3 Å². The number of halogens is 2. The Bertz CT molecular complexity index is 396. The number of nitrogens with two attached hydrogens (primary N) is 1. The Labute approximate surface area is 102 Å². The Hall–Kier alpha value is -0.940. The van der Waals surface area contributed by atoms with Gasteiger partial charge in [0, 0.05) is 11.0 Å². The fourth-order valence-electron chi connectivity index (χ4n) is 1.46. The van der Waals surface area contributed by atoms with Crippen LogP contribution in [0.1, 0.15) is 30.1 Å². The first-order chi connectivity index (χ1) is 7.47. The largest absolute Gasteiger partial charge is 0.481 e. The van der Waals surface area contributed by atoms with Crippen LogP contribution in [0.15, 0.2) is 22.7 Å². The van der Waals surface area contributed by atoms with Gasteiger partial charge in [0.05, 0.1) is 5.92 Å². The molecular formula is C11H13BrFNO2. The third kappa shape index (κ3) is 2.80. The number of hydrogen-bond acceptors (Lipinski definition) is 2. The molecule has 0 radical (unpaired) electrons. The molecule has 0 aromatic heterocycles. The number of hydrogen-bond donors (Lipinski definition) is 2. The van der Waals surface area contributed by atoms with Crippen molar-refractivity contribution in [3.05, 3.63) is 33.8 Å². The number of carboxylic acids is 1. The van der Waals surface area contributed by atoms with Gasteiger partial charge in [0.25, 0.3) is 0 Å². The number of aliphatic carboxylic acids is 1. The standard InChI is InChI=1S/C11H13BrFNO2/c1-6(13)8-3-2-7(4-10(8)12)9(5-14)11(15)16/h2-4,6,9H,5,14H2,1H3,(H,15,16). The van der Waals surface area contributed by atoms with E-state index >= 15 is 0 Å². The number of carboxylic acid groups (broad SMARTS) is 1. The fraction of sp³-hybridized carbons (Fsp3) is 0.364. The predicted octanol–water partition coefficient (Wildman–Crippen LogP) is 2.61. The molecule has 0 bridgehead atoms. The highest BCUT2D eigenvalue weighted by Gasteiger charge is 2.19. The summed E-state index contributed by atoms with van der Waals surface area (Å²) in [6.45, 7) is 1.45. The van der Waals surface area contributed by atoms with E-state index in [0.717, 1.165) is 0 Å². The normalized spacial score (nSPS) is 14.5. The average molecular weight is 290 g/mol. The molecule has 1 aromatic carbocycles. The molecule has 0 amide bonds. The maximum absolute atomic E-state index is 13.1. The highest BCUT2D eigenvalue weighted by molar-refractivity contribution is 9.10. The van der Waals surface area contributed by atoms with E-state index in [1.807, 2.05) is 0 Å². The zero-order chi connectivity index (χ0) is 12.3. The van der Waals surface area contributed by atoms with Gasteiger partial charge in [0.2, 0.25) is 0 Å². The maximum atomic E-state index is 13.1. The van der Waals surface area contributed by atoms with Crippen LogP contribution >= 0.6 is 15.9 Å². The van der Waals surface area contributed by atoms with Crippen molar-refractivity contribution in [2.24, 2.45) is 5.73 Å². The lowest BCUT2D eigenvalue weighted by Gasteiger charge is -2.13. The summed E-state index contributed by atoms with van der Waals surface area (Å²) in [6, 6.07) is 4.79. The number of rotatable bonds is 4. The number of alkyl halides is 1. The lowest BCUT2D eigenvalue weighted by Crippen LogP contribution is -2.21. The molecule has 0 aliphatic rings. The second kappa shape index (κ2) is 5.41. The molecular weight excluding hydrogens is 277 g/mol. The van der Waals surface area contributed by atoms with Crippen LogP contribution in [0.3, 0.4) is 0 Å². The first-order valence-corrected chi connectivity index (χ1v) is 5.63. The molecule has 3 nitrogen and oxygen atoms in total. The first kappa shape index (κ1) is 13.1. The van der Waals surface area contributed by atoms with Crippen molar-refractivity contribution in [3.8, 4) is 0 Å². The van der Waals surface area contributed by atoms with Gasteiger partial charge in [-0.25, -0.2) is 4.39 Å².